The Morgan fingerprint density at radius 2 is 2.36 bits per heavy atom. The molecule has 3 rings (SSSR count). The Balaban J connectivity index is 1.84. The van der Waals surface area contributed by atoms with Gasteiger partial charge in [0.15, 0.2) is 0 Å². The molecule has 7 heteroatoms. The third kappa shape index (κ3) is 2.78. The van der Waals surface area contributed by atoms with E-state index in [1.807, 2.05) is 6.92 Å². The van der Waals surface area contributed by atoms with Crippen molar-refractivity contribution in [2.24, 2.45) is 0 Å². The molecule has 0 radical (unpaired) electrons. The van der Waals surface area contributed by atoms with E-state index in [1.165, 1.54) is 15.8 Å². The highest BCUT2D eigenvalue weighted by molar-refractivity contribution is 7.18. The maximum Gasteiger partial charge on any atom is 0.262 e. The zero-order valence-corrected chi connectivity index (χ0v) is 13.5. The molecule has 1 N–H and O–H groups in total. The molecule has 0 saturated heterocycles. The molecule has 118 valence electrons. The van der Waals surface area contributed by atoms with Crippen LogP contribution in [0.2, 0.25) is 0 Å². The summed E-state index contributed by atoms with van der Waals surface area (Å²) in [4.78, 5) is 31.0. The van der Waals surface area contributed by atoms with Crippen molar-refractivity contribution in [3.63, 3.8) is 0 Å². The standard InChI is InChI=1S/C15H19N3O3S/c1-9(7-21-2)17-12(19)6-18-8-16-14-13(15(18)20)10-4-3-5-11(10)22-14/h8-9H,3-7H2,1-2H3,(H,17,19)/t9-/m1/s1. The first kappa shape index (κ1) is 15.2. The Bertz CT molecular complexity index is 765. The molecule has 6 nitrogen and oxygen atoms in total. The van der Waals surface area contributed by atoms with Crippen molar-refractivity contribution in [3.8, 4) is 0 Å². The predicted octanol–water partition coefficient (Wildman–Crippen LogP) is 1.10. The van der Waals surface area contributed by atoms with Crippen molar-refractivity contribution in [1.29, 1.82) is 0 Å². The Labute approximate surface area is 132 Å². The molecule has 1 aliphatic carbocycles. The van der Waals surface area contributed by atoms with Crippen LogP contribution in [0.15, 0.2) is 11.1 Å². The van der Waals surface area contributed by atoms with E-state index < -0.39 is 0 Å². The number of methoxy groups -OCH3 is 1. The van der Waals surface area contributed by atoms with Gasteiger partial charge in [-0.3, -0.25) is 14.2 Å². The summed E-state index contributed by atoms with van der Waals surface area (Å²) in [5.74, 6) is -0.209. The molecule has 0 aromatic carbocycles. The molecule has 22 heavy (non-hydrogen) atoms. The van der Waals surface area contributed by atoms with Crippen LogP contribution < -0.4 is 10.9 Å². The van der Waals surface area contributed by atoms with Crippen LogP contribution in [0.25, 0.3) is 10.2 Å². The summed E-state index contributed by atoms with van der Waals surface area (Å²) in [5.41, 5.74) is 1.03. The largest absolute Gasteiger partial charge is 0.383 e. The second-order valence-corrected chi connectivity index (χ2v) is 6.72. The number of fused-ring (bicyclic) bond motifs is 3. The van der Waals surface area contributed by atoms with Crippen molar-refractivity contribution in [2.75, 3.05) is 13.7 Å². The van der Waals surface area contributed by atoms with Gasteiger partial charge >= 0.3 is 0 Å². The van der Waals surface area contributed by atoms with Crippen LogP contribution in [0.1, 0.15) is 23.8 Å². The van der Waals surface area contributed by atoms with E-state index in [0.717, 1.165) is 29.7 Å². The van der Waals surface area contributed by atoms with Gasteiger partial charge < -0.3 is 10.1 Å². The maximum atomic E-state index is 12.6. The van der Waals surface area contributed by atoms with Crippen molar-refractivity contribution in [1.82, 2.24) is 14.9 Å². The molecule has 0 fully saturated rings. The van der Waals surface area contributed by atoms with Gasteiger partial charge in [-0.15, -0.1) is 11.3 Å². The van der Waals surface area contributed by atoms with Crippen LogP contribution in [0.4, 0.5) is 0 Å². The first-order valence-corrected chi connectivity index (χ1v) is 8.19. The van der Waals surface area contributed by atoms with Crippen molar-refractivity contribution < 1.29 is 9.53 Å². The number of nitrogens with zero attached hydrogens (tertiary/aromatic N) is 2. The van der Waals surface area contributed by atoms with E-state index >= 15 is 0 Å². The molecule has 1 atom stereocenters. The van der Waals surface area contributed by atoms with Crippen molar-refractivity contribution in [3.05, 3.63) is 27.1 Å². The van der Waals surface area contributed by atoms with Gasteiger partial charge in [0.25, 0.3) is 5.56 Å². The fraction of sp³-hybridized carbons (Fsp3) is 0.533. The van der Waals surface area contributed by atoms with Crippen LogP contribution in [0, 0.1) is 0 Å². The maximum absolute atomic E-state index is 12.6. The zero-order chi connectivity index (χ0) is 15.7. The monoisotopic (exact) mass is 321 g/mol. The normalized spacial score (nSPS) is 15.0. The molecule has 0 bridgehead atoms. The zero-order valence-electron chi connectivity index (χ0n) is 12.7. The van der Waals surface area contributed by atoms with Crippen LogP contribution in [0.3, 0.4) is 0 Å². The number of hydrogen-bond donors (Lipinski definition) is 1. The lowest BCUT2D eigenvalue weighted by molar-refractivity contribution is -0.122. The molecule has 0 aliphatic heterocycles. The van der Waals surface area contributed by atoms with Gasteiger partial charge in [0.2, 0.25) is 5.91 Å². The average Bonchev–Trinajstić information content (AvgIpc) is 3.02. The second-order valence-electron chi connectivity index (χ2n) is 5.64. The molecule has 2 aromatic rings. The lowest BCUT2D eigenvalue weighted by Crippen LogP contribution is -2.39. The number of amides is 1. The number of nitrogens with one attached hydrogen (secondary N) is 1. The minimum absolute atomic E-state index is 0.0134. The quantitative estimate of drug-likeness (QED) is 0.895. The highest BCUT2D eigenvalue weighted by atomic mass is 32.1. The molecular weight excluding hydrogens is 302 g/mol. The summed E-state index contributed by atoms with van der Waals surface area (Å²) < 4.78 is 6.37. The number of aryl methyl sites for hydroxylation is 2. The van der Waals surface area contributed by atoms with E-state index in [-0.39, 0.29) is 24.1 Å². The lowest BCUT2D eigenvalue weighted by Gasteiger charge is -2.13. The van der Waals surface area contributed by atoms with Crippen LogP contribution in [-0.2, 0) is 28.9 Å². The van der Waals surface area contributed by atoms with Gasteiger partial charge in [0.1, 0.15) is 11.4 Å². The van der Waals surface area contributed by atoms with Gasteiger partial charge in [-0.25, -0.2) is 4.98 Å². The number of aromatic nitrogens is 2. The molecule has 1 amide bonds. The molecule has 1 aliphatic rings. The van der Waals surface area contributed by atoms with Crippen LogP contribution >= 0.6 is 11.3 Å². The number of thiophene rings is 1. The van der Waals surface area contributed by atoms with E-state index in [2.05, 4.69) is 10.3 Å². The number of rotatable bonds is 5. The summed E-state index contributed by atoms with van der Waals surface area (Å²) in [5, 5.41) is 3.51. The second kappa shape index (κ2) is 6.18. The fourth-order valence-corrected chi connectivity index (χ4v) is 4.12. The predicted molar refractivity (Wildman–Crippen MR) is 85.4 cm³/mol. The first-order valence-electron chi connectivity index (χ1n) is 7.38. The minimum atomic E-state index is -0.209. The summed E-state index contributed by atoms with van der Waals surface area (Å²) in [7, 11) is 1.59. The summed E-state index contributed by atoms with van der Waals surface area (Å²) >= 11 is 1.60. The lowest BCUT2D eigenvalue weighted by atomic mass is 10.2. The third-order valence-corrected chi connectivity index (χ3v) is 5.03. The summed E-state index contributed by atoms with van der Waals surface area (Å²) in [6.45, 7) is 2.29. The topological polar surface area (TPSA) is 73.2 Å². The molecular formula is C15H19N3O3S. The van der Waals surface area contributed by atoms with E-state index in [0.29, 0.717) is 12.0 Å². The van der Waals surface area contributed by atoms with Gasteiger partial charge in [0, 0.05) is 18.0 Å². The molecule has 0 unspecified atom stereocenters. The van der Waals surface area contributed by atoms with Gasteiger partial charge in [-0.1, -0.05) is 0 Å². The third-order valence-electron chi connectivity index (χ3n) is 3.83. The van der Waals surface area contributed by atoms with Crippen molar-refractivity contribution >= 4 is 27.5 Å². The van der Waals surface area contributed by atoms with Gasteiger partial charge in [0.05, 0.1) is 18.3 Å². The number of ether oxygens (including phenoxy) is 1. The van der Waals surface area contributed by atoms with Crippen molar-refractivity contribution in [2.45, 2.75) is 38.8 Å². The Morgan fingerprint density at radius 3 is 3.14 bits per heavy atom. The fourth-order valence-electron chi connectivity index (χ4n) is 2.90. The highest BCUT2D eigenvalue weighted by Crippen LogP contribution is 2.34. The molecule has 0 saturated carbocycles. The van der Waals surface area contributed by atoms with Crippen LogP contribution in [-0.4, -0.2) is 35.2 Å². The van der Waals surface area contributed by atoms with E-state index in [1.54, 1.807) is 18.4 Å². The van der Waals surface area contributed by atoms with E-state index in [9.17, 15) is 9.59 Å². The SMILES string of the molecule is COC[C@@H](C)NC(=O)Cn1cnc2sc3c(c2c1=O)CCC3. The summed E-state index contributed by atoms with van der Waals surface area (Å²) in [6, 6.07) is -0.0877. The average molecular weight is 321 g/mol. The van der Waals surface area contributed by atoms with E-state index in [4.69, 9.17) is 4.74 Å². The molecule has 2 aromatic heterocycles. The van der Waals surface area contributed by atoms with Gasteiger partial charge in [-0.2, -0.15) is 0 Å². The number of carbonyl (C=O) groups excluding carboxylic acids is 1. The smallest absolute Gasteiger partial charge is 0.262 e. The molecule has 2 heterocycles. The minimum Gasteiger partial charge on any atom is -0.383 e. The van der Waals surface area contributed by atoms with Gasteiger partial charge in [-0.05, 0) is 31.7 Å². The Morgan fingerprint density at radius 1 is 1.55 bits per heavy atom. The first-order chi connectivity index (χ1) is 10.6. The molecule has 0 spiro atoms. The Kier molecular flexibility index (Phi) is 4.26. The summed E-state index contributed by atoms with van der Waals surface area (Å²) in [6.07, 6.45) is 4.54. The Hall–Kier alpha value is -1.73. The highest BCUT2D eigenvalue weighted by Gasteiger charge is 2.21. The number of hydrogen-bond acceptors (Lipinski definition) is 5. The number of carbonyl (C=O) groups is 1. The van der Waals surface area contributed by atoms with Crippen LogP contribution in [0.5, 0.6) is 0 Å².